The number of thioether (sulfide) groups is 1. The third-order valence-corrected chi connectivity index (χ3v) is 8.17. The summed E-state index contributed by atoms with van der Waals surface area (Å²) >= 11 is 1.56. The number of rotatable bonds is 10. The van der Waals surface area contributed by atoms with Gasteiger partial charge < -0.3 is 15.0 Å². The van der Waals surface area contributed by atoms with Crippen LogP contribution in [0.5, 0.6) is 0 Å². The van der Waals surface area contributed by atoms with Crippen LogP contribution in [0.15, 0.2) is 91.0 Å². The maximum absolute atomic E-state index is 13.5. The molecule has 1 aliphatic heterocycles. The van der Waals surface area contributed by atoms with Crippen molar-refractivity contribution in [2.45, 2.75) is 31.1 Å². The molecular formula is C33H34N4O3S. The highest BCUT2D eigenvalue weighted by atomic mass is 32.2. The topological polar surface area (TPSA) is 84.4 Å². The molecule has 3 aromatic carbocycles. The van der Waals surface area contributed by atoms with Gasteiger partial charge in [0.2, 0.25) is 0 Å². The number of piperidine rings is 1. The molecule has 8 heteroatoms. The van der Waals surface area contributed by atoms with Crippen molar-refractivity contribution in [1.29, 1.82) is 0 Å². The van der Waals surface area contributed by atoms with Gasteiger partial charge in [0.15, 0.2) is 5.82 Å². The molecule has 0 radical (unpaired) electrons. The summed E-state index contributed by atoms with van der Waals surface area (Å²) in [5.41, 5.74) is 4.41. The molecule has 5 rings (SSSR count). The lowest BCUT2D eigenvalue weighted by atomic mass is 10.0. The van der Waals surface area contributed by atoms with Crippen molar-refractivity contribution in [3.63, 3.8) is 0 Å². The van der Waals surface area contributed by atoms with Crippen LogP contribution < -0.4 is 10.2 Å². The Hall–Kier alpha value is -4.17. The zero-order chi connectivity index (χ0) is 28.4. The normalized spacial score (nSPS) is 13.8. The predicted octanol–water partition coefficient (Wildman–Crippen LogP) is 6.01. The smallest absolute Gasteiger partial charge is 0.329 e. The highest BCUT2D eigenvalue weighted by Gasteiger charge is 2.25. The van der Waals surface area contributed by atoms with Crippen molar-refractivity contribution in [3.05, 3.63) is 102 Å². The Kier molecular flexibility index (Phi) is 9.65. The zero-order valence-corrected chi connectivity index (χ0v) is 24.0. The van der Waals surface area contributed by atoms with Crippen LogP contribution >= 0.6 is 11.8 Å². The van der Waals surface area contributed by atoms with Crippen LogP contribution in [-0.2, 0) is 15.3 Å². The van der Waals surface area contributed by atoms with Crippen LogP contribution in [0.4, 0.5) is 5.82 Å². The predicted molar refractivity (Wildman–Crippen MR) is 165 cm³/mol. The van der Waals surface area contributed by atoms with Crippen LogP contribution in [0.1, 0.15) is 35.3 Å². The van der Waals surface area contributed by atoms with Crippen LogP contribution in [0.3, 0.4) is 0 Å². The van der Waals surface area contributed by atoms with Crippen molar-refractivity contribution in [3.8, 4) is 22.5 Å². The SMILES string of the molecule is COC(=O)C(CSCc1ccccc1)NC(=O)c1cc(N2CCCCC2)nc(-c2ccc(-c3ccccc3)cc2)n1. The number of amides is 1. The summed E-state index contributed by atoms with van der Waals surface area (Å²) in [6.07, 6.45) is 3.34. The molecule has 1 fully saturated rings. The van der Waals surface area contributed by atoms with Gasteiger partial charge in [-0.3, -0.25) is 4.79 Å². The Bertz CT molecular complexity index is 1440. The Morgan fingerprint density at radius 2 is 1.49 bits per heavy atom. The second-order valence-corrected chi connectivity index (χ2v) is 11.0. The lowest BCUT2D eigenvalue weighted by Gasteiger charge is -2.28. The average Bonchev–Trinajstić information content (AvgIpc) is 3.05. The maximum Gasteiger partial charge on any atom is 0.329 e. The van der Waals surface area contributed by atoms with Crippen molar-refractivity contribution < 1.29 is 14.3 Å². The van der Waals surface area contributed by atoms with E-state index in [9.17, 15) is 9.59 Å². The molecule has 0 saturated carbocycles. The molecule has 1 aromatic heterocycles. The number of carbonyl (C=O) groups is 2. The van der Waals surface area contributed by atoms with Crippen LogP contribution in [0.25, 0.3) is 22.5 Å². The molecule has 0 spiro atoms. The van der Waals surface area contributed by atoms with Gasteiger partial charge in [-0.25, -0.2) is 14.8 Å². The number of ether oxygens (including phenoxy) is 1. The van der Waals surface area contributed by atoms with E-state index in [1.165, 1.54) is 13.5 Å². The highest BCUT2D eigenvalue weighted by molar-refractivity contribution is 7.98. The molecule has 0 bridgehead atoms. The number of methoxy groups -OCH3 is 1. The minimum absolute atomic E-state index is 0.227. The van der Waals surface area contributed by atoms with E-state index in [0.717, 1.165) is 59.8 Å². The number of nitrogens with zero attached hydrogens (tertiary/aromatic N) is 3. The molecule has 1 saturated heterocycles. The quantitative estimate of drug-likeness (QED) is 0.236. The fourth-order valence-corrected chi connectivity index (χ4v) is 5.82. The Labute approximate surface area is 245 Å². The Morgan fingerprint density at radius 3 is 2.17 bits per heavy atom. The number of benzene rings is 3. The molecule has 1 aliphatic rings. The van der Waals surface area contributed by atoms with E-state index in [2.05, 4.69) is 27.3 Å². The summed E-state index contributed by atoms with van der Waals surface area (Å²) in [7, 11) is 1.33. The lowest BCUT2D eigenvalue weighted by molar-refractivity contribution is -0.142. The second-order valence-electron chi connectivity index (χ2n) is 9.98. The first-order chi connectivity index (χ1) is 20.1. The zero-order valence-electron chi connectivity index (χ0n) is 23.2. The highest BCUT2D eigenvalue weighted by Crippen LogP contribution is 2.26. The van der Waals surface area contributed by atoms with E-state index in [-0.39, 0.29) is 5.69 Å². The van der Waals surface area contributed by atoms with Crippen LogP contribution in [-0.4, -0.2) is 53.8 Å². The van der Waals surface area contributed by atoms with Crippen molar-refractivity contribution >= 4 is 29.5 Å². The van der Waals surface area contributed by atoms with E-state index in [0.29, 0.717) is 11.6 Å². The minimum Gasteiger partial charge on any atom is -0.467 e. The molecule has 1 amide bonds. The fraction of sp³-hybridized carbons (Fsp3) is 0.273. The third kappa shape index (κ3) is 7.52. The van der Waals surface area contributed by atoms with Crippen LogP contribution in [0.2, 0.25) is 0 Å². The van der Waals surface area contributed by atoms with Crippen LogP contribution in [0, 0.1) is 0 Å². The summed E-state index contributed by atoms with van der Waals surface area (Å²) in [6.45, 7) is 1.76. The molecule has 41 heavy (non-hydrogen) atoms. The summed E-state index contributed by atoms with van der Waals surface area (Å²) in [4.78, 5) is 37.8. The first-order valence-electron chi connectivity index (χ1n) is 13.9. The summed E-state index contributed by atoms with van der Waals surface area (Å²) in [5.74, 6) is 1.39. The Balaban J connectivity index is 1.38. The summed E-state index contributed by atoms with van der Waals surface area (Å²) in [5, 5.41) is 2.87. The van der Waals surface area contributed by atoms with E-state index in [1.54, 1.807) is 17.8 Å². The van der Waals surface area contributed by atoms with E-state index in [1.807, 2.05) is 72.8 Å². The van der Waals surface area contributed by atoms with E-state index >= 15 is 0 Å². The van der Waals surface area contributed by atoms with E-state index < -0.39 is 17.9 Å². The first kappa shape index (κ1) is 28.4. The number of hydrogen-bond donors (Lipinski definition) is 1. The molecule has 210 valence electrons. The first-order valence-corrected chi connectivity index (χ1v) is 15.1. The Morgan fingerprint density at radius 1 is 0.854 bits per heavy atom. The van der Waals surface area contributed by atoms with Gasteiger partial charge in [0.25, 0.3) is 5.91 Å². The molecular weight excluding hydrogens is 532 g/mol. The van der Waals surface area contributed by atoms with Gasteiger partial charge in [-0.2, -0.15) is 11.8 Å². The molecule has 4 aromatic rings. The fourth-order valence-electron chi connectivity index (χ4n) is 4.82. The summed E-state index contributed by atoms with van der Waals surface area (Å²) in [6, 6.07) is 29.2. The van der Waals surface area contributed by atoms with Gasteiger partial charge >= 0.3 is 5.97 Å². The van der Waals surface area contributed by atoms with E-state index in [4.69, 9.17) is 9.72 Å². The molecule has 1 unspecified atom stereocenters. The molecule has 1 atom stereocenters. The molecule has 1 N–H and O–H groups in total. The average molecular weight is 567 g/mol. The second kappa shape index (κ2) is 13.9. The van der Waals surface area contributed by atoms with Gasteiger partial charge in [-0.1, -0.05) is 84.9 Å². The number of hydrogen-bond acceptors (Lipinski definition) is 7. The van der Waals surface area contributed by atoms with Gasteiger partial charge in [-0.05, 0) is 36.0 Å². The minimum atomic E-state index is -0.803. The monoisotopic (exact) mass is 566 g/mol. The van der Waals surface area contributed by atoms with Gasteiger partial charge in [0.05, 0.1) is 7.11 Å². The lowest BCUT2D eigenvalue weighted by Crippen LogP contribution is -2.43. The van der Waals surface area contributed by atoms with Gasteiger partial charge in [0, 0.05) is 36.2 Å². The standard InChI is InChI=1S/C33H34N4O3S/c1-40-33(39)29(23-41-22-24-11-5-2-6-12-24)35-32(38)28-21-30(37-19-9-4-10-20-37)36-31(34-28)27-17-15-26(16-18-27)25-13-7-3-8-14-25/h2-3,5-8,11-18,21,29H,4,9-10,19-20,22-23H2,1H3,(H,35,38). The number of nitrogens with one attached hydrogen (secondary N) is 1. The molecule has 2 heterocycles. The third-order valence-electron chi connectivity index (χ3n) is 7.06. The van der Waals surface area contributed by atoms with Crippen molar-refractivity contribution in [2.75, 3.05) is 30.9 Å². The number of carbonyl (C=O) groups excluding carboxylic acids is 2. The maximum atomic E-state index is 13.5. The number of esters is 1. The molecule has 7 nitrogen and oxygen atoms in total. The van der Waals surface area contributed by atoms with Crippen molar-refractivity contribution in [2.24, 2.45) is 0 Å². The van der Waals surface area contributed by atoms with Gasteiger partial charge in [0.1, 0.15) is 17.6 Å². The summed E-state index contributed by atoms with van der Waals surface area (Å²) < 4.78 is 5.00. The largest absolute Gasteiger partial charge is 0.467 e. The number of aromatic nitrogens is 2. The van der Waals surface area contributed by atoms with Gasteiger partial charge in [-0.15, -0.1) is 0 Å². The van der Waals surface area contributed by atoms with Crippen molar-refractivity contribution in [1.82, 2.24) is 15.3 Å². The molecule has 0 aliphatic carbocycles. The number of anilines is 1.